The second-order valence-corrected chi connectivity index (χ2v) is 7.16. The van der Waals surface area contributed by atoms with Crippen LogP contribution in [-0.4, -0.2) is 65.9 Å². The number of anilines is 1. The molecule has 0 bridgehead atoms. The Kier molecular flexibility index (Phi) is 7.36. The standard InChI is InChI=1S/C20H24ClN5O2/c21-17-6-7-18(22-13-17)24-20(28)15-26-10-8-25(9-11-26)14-19(27)23-12-16-4-2-1-3-5-16/h1-7,13H,8-12,14-15H2,(H,23,27)(H,22,24,28). The van der Waals surface area contributed by atoms with Crippen LogP contribution < -0.4 is 10.6 Å². The Labute approximate surface area is 169 Å². The predicted molar refractivity (Wildman–Crippen MR) is 109 cm³/mol. The molecule has 0 saturated carbocycles. The van der Waals surface area contributed by atoms with Crippen molar-refractivity contribution in [3.8, 4) is 0 Å². The normalized spacial score (nSPS) is 15.2. The third-order valence-electron chi connectivity index (χ3n) is 4.53. The molecule has 1 saturated heterocycles. The van der Waals surface area contributed by atoms with E-state index < -0.39 is 0 Å². The van der Waals surface area contributed by atoms with Gasteiger partial charge in [-0.2, -0.15) is 0 Å². The molecule has 1 aromatic carbocycles. The van der Waals surface area contributed by atoms with Gasteiger partial charge < -0.3 is 10.6 Å². The molecule has 0 aliphatic carbocycles. The molecule has 2 heterocycles. The quantitative estimate of drug-likeness (QED) is 0.737. The number of aromatic nitrogens is 1. The molecular weight excluding hydrogens is 378 g/mol. The van der Waals surface area contributed by atoms with Crippen LogP contribution >= 0.6 is 11.6 Å². The highest BCUT2D eigenvalue weighted by Gasteiger charge is 2.20. The largest absolute Gasteiger partial charge is 0.351 e. The molecule has 7 nitrogen and oxygen atoms in total. The fourth-order valence-corrected chi connectivity index (χ4v) is 3.11. The number of rotatable bonds is 7. The lowest BCUT2D eigenvalue weighted by Gasteiger charge is -2.33. The van der Waals surface area contributed by atoms with Crippen LogP contribution in [0.15, 0.2) is 48.7 Å². The minimum Gasteiger partial charge on any atom is -0.351 e. The molecule has 8 heteroatoms. The van der Waals surface area contributed by atoms with Crippen LogP contribution in [-0.2, 0) is 16.1 Å². The number of amides is 2. The third kappa shape index (κ3) is 6.60. The number of piperazine rings is 1. The molecule has 0 radical (unpaired) electrons. The first-order valence-electron chi connectivity index (χ1n) is 9.25. The number of nitrogens with one attached hydrogen (secondary N) is 2. The number of halogens is 1. The van der Waals surface area contributed by atoms with Crippen molar-refractivity contribution in [2.45, 2.75) is 6.54 Å². The van der Waals surface area contributed by atoms with E-state index in [9.17, 15) is 9.59 Å². The minimum absolute atomic E-state index is 0.0175. The van der Waals surface area contributed by atoms with Gasteiger partial charge in [0, 0.05) is 38.9 Å². The molecule has 0 unspecified atom stereocenters. The first kappa shape index (κ1) is 20.3. The molecule has 0 atom stereocenters. The van der Waals surface area contributed by atoms with Gasteiger partial charge in [0.1, 0.15) is 5.82 Å². The number of nitrogens with zero attached hydrogens (tertiary/aromatic N) is 3. The summed E-state index contributed by atoms with van der Waals surface area (Å²) in [5, 5.41) is 6.24. The summed E-state index contributed by atoms with van der Waals surface area (Å²) < 4.78 is 0. The summed E-state index contributed by atoms with van der Waals surface area (Å²) in [7, 11) is 0. The van der Waals surface area contributed by atoms with Crippen LogP contribution in [0.25, 0.3) is 0 Å². The van der Waals surface area contributed by atoms with E-state index in [-0.39, 0.29) is 11.8 Å². The summed E-state index contributed by atoms with van der Waals surface area (Å²) in [5.41, 5.74) is 1.09. The van der Waals surface area contributed by atoms with E-state index in [0.717, 1.165) is 31.7 Å². The second kappa shape index (κ2) is 10.2. The summed E-state index contributed by atoms with van der Waals surface area (Å²) in [5.74, 6) is 0.399. The van der Waals surface area contributed by atoms with Crippen LogP contribution in [0, 0.1) is 0 Å². The van der Waals surface area contributed by atoms with E-state index in [4.69, 9.17) is 11.6 Å². The van der Waals surface area contributed by atoms with E-state index in [2.05, 4.69) is 25.4 Å². The summed E-state index contributed by atoms with van der Waals surface area (Å²) in [6, 6.07) is 13.2. The van der Waals surface area contributed by atoms with Gasteiger partial charge in [-0.15, -0.1) is 0 Å². The fraction of sp³-hybridized carbons (Fsp3) is 0.350. The highest BCUT2D eigenvalue weighted by Crippen LogP contribution is 2.10. The first-order valence-corrected chi connectivity index (χ1v) is 9.63. The smallest absolute Gasteiger partial charge is 0.239 e. The SMILES string of the molecule is O=C(CN1CCN(CC(=O)Nc2ccc(Cl)cn2)CC1)NCc1ccccc1. The number of carbonyl (C=O) groups is 2. The Morgan fingerprint density at radius 3 is 2.18 bits per heavy atom. The van der Waals surface area contributed by atoms with Crippen LogP contribution in [0.1, 0.15) is 5.56 Å². The Morgan fingerprint density at radius 1 is 0.929 bits per heavy atom. The van der Waals surface area contributed by atoms with Gasteiger partial charge in [-0.3, -0.25) is 19.4 Å². The van der Waals surface area contributed by atoms with Crippen LogP contribution in [0.5, 0.6) is 0 Å². The third-order valence-corrected chi connectivity index (χ3v) is 4.75. The Balaban J connectivity index is 1.34. The van der Waals surface area contributed by atoms with Crippen LogP contribution in [0.3, 0.4) is 0 Å². The Bertz CT molecular complexity index is 777. The lowest BCUT2D eigenvalue weighted by atomic mass is 10.2. The number of hydrogen-bond acceptors (Lipinski definition) is 5. The van der Waals surface area contributed by atoms with E-state index in [1.807, 2.05) is 30.3 Å². The highest BCUT2D eigenvalue weighted by molar-refractivity contribution is 6.30. The summed E-state index contributed by atoms with van der Waals surface area (Å²) in [6.45, 7) is 4.22. The maximum atomic E-state index is 12.1. The van der Waals surface area contributed by atoms with Crippen molar-refractivity contribution in [1.29, 1.82) is 0 Å². The van der Waals surface area contributed by atoms with Gasteiger partial charge in [0.05, 0.1) is 18.1 Å². The predicted octanol–water partition coefficient (Wildman–Crippen LogP) is 1.61. The average molecular weight is 402 g/mol. The molecule has 1 aromatic heterocycles. The molecule has 2 aromatic rings. The molecule has 2 amide bonds. The number of hydrogen-bond donors (Lipinski definition) is 2. The van der Waals surface area contributed by atoms with Gasteiger partial charge >= 0.3 is 0 Å². The molecule has 1 aliphatic heterocycles. The van der Waals surface area contributed by atoms with E-state index >= 15 is 0 Å². The van der Waals surface area contributed by atoms with Crippen molar-refractivity contribution in [1.82, 2.24) is 20.1 Å². The molecule has 3 rings (SSSR count). The molecule has 2 N–H and O–H groups in total. The van der Waals surface area contributed by atoms with Crippen molar-refractivity contribution < 1.29 is 9.59 Å². The number of carbonyl (C=O) groups excluding carboxylic acids is 2. The van der Waals surface area contributed by atoms with Gasteiger partial charge in [0.2, 0.25) is 11.8 Å². The highest BCUT2D eigenvalue weighted by atomic mass is 35.5. The van der Waals surface area contributed by atoms with Gasteiger partial charge in [0.25, 0.3) is 0 Å². The maximum Gasteiger partial charge on any atom is 0.239 e. The molecular formula is C20H24ClN5O2. The summed E-state index contributed by atoms with van der Waals surface area (Å²) >= 11 is 5.79. The molecule has 1 aliphatic rings. The Morgan fingerprint density at radius 2 is 1.57 bits per heavy atom. The number of benzene rings is 1. The van der Waals surface area contributed by atoms with E-state index in [0.29, 0.717) is 30.5 Å². The molecule has 1 fully saturated rings. The second-order valence-electron chi connectivity index (χ2n) is 6.72. The lowest BCUT2D eigenvalue weighted by molar-refractivity contribution is -0.123. The first-order chi connectivity index (χ1) is 13.6. The maximum absolute atomic E-state index is 12.1. The van der Waals surface area contributed by atoms with E-state index in [1.54, 1.807) is 12.1 Å². The summed E-state index contributed by atoms with van der Waals surface area (Å²) in [4.78, 5) is 32.5. The lowest BCUT2D eigenvalue weighted by Crippen LogP contribution is -2.50. The van der Waals surface area contributed by atoms with Crippen LogP contribution in [0.2, 0.25) is 5.02 Å². The van der Waals surface area contributed by atoms with Crippen molar-refractivity contribution >= 4 is 29.2 Å². The average Bonchev–Trinajstić information content (AvgIpc) is 2.70. The molecule has 0 spiro atoms. The zero-order valence-electron chi connectivity index (χ0n) is 15.6. The van der Waals surface area contributed by atoms with Gasteiger partial charge in [-0.05, 0) is 17.7 Å². The van der Waals surface area contributed by atoms with Crippen molar-refractivity contribution in [2.24, 2.45) is 0 Å². The minimum atomic E-state index is -0.108. The van der Waals surface area contributed by atoms with E-state index in [1.165, 1.54) is 6.20 Å². The fourth-order valence-electron chi connectivity index (χ4n) is 3.00. The van der Waals surface area contributed by atoms with Crippen molar-refractivity contribution in [3.05, 3.63) is 59.2 Å². The van der Waals surface area contributed by atoms with Crippen molar-refractivity contribution in [3.63, 3.8) is 0 Å². The summed E-state index contributed by atoms with van der Waals surface area (Å²) in [6.07, 6.45) is 1.50. The molecule has 148 valence electrons. The Hall–Kier alpha value is -2.48. The number of pyridine rings is 1. The van der Waals surface area contributed by atoms with Gasteiger partial charge in [-0.1, -0.05) is 41.9 Å². The topological polar surface area (TPSA) is 77.6 Å². The van der Waals surface area contributed by atoms with Crippen LogP contribution in [0.4, 0.5) is 5.82 Å². The van der Waals surface area contributed by atoms with Gasteiger partial charge in [-0.25, -0.2) is 4.98 Å². The zero-order valence-corrected chi connectivity index (χ0v) is 16.4. The monoisotopic (exact) mass is 401 g/mol. The molecule has 28 heavy (non-hydrogen) atoms. The zero-order chi connectivity index (χ0) is 19.8. The van der Waals surface area contributed by atoms with Gasteiger partial charge in [0.15, 0.2) is 0 Å². The van der Waals surface area contributed by atoms with Crippen molar-refractivity contribution in [2.75, 3.05) is 44.6 Å².